The van der Waals surface area contributed by atoms with Crippen LogP contribution in [0.2, 0.25) is 5.02 Å². The van der Waals surface area contributed by atoms with E-state index in [9.17, 15) is 4.79 Å². The van der Waals surface area contributed by atoms with Crippen molar-refractivity contribution in [2.45, 2.75) is 25.7 Å². The second-order valence-electron chi connectivity index (χ2n) is 5.25. The van der Waals surface area contributed by atoms with Crippen molar-refractivity contribution < 1.29 is 9.32 Å². The van der Waals surface area contributed by atoms with E-state index in [1.807, 2.05) is 0 Å². The van der Waals surface area contributed by atoms with Crippen LogP contribution in [0.15, 0.2) is 10.9 Å². The molecule has 0 aliphatic carbocycles. The summed E-state index contributed by atoms with van der Waals surface area (Å²) in [7, 11) is 1.73. The Morgan fingerprint density at radius 1 is 1.52 bits per heavy atom. The molecule has 0 N–H and O–H groups in total. The normalized spacial score (nSPS) is 19.0. The van der Waals surface area contributed by atoms with Crippen molar-refractivity contribution in [3.8, 4) is 0 Å². The summed E-state index contributed by atoms with van der Waals surface area (Å²) in [6.07, 6.45) is 3.16. The Morgan fingerprint density at radius 2 is 2.33 bits per heavy atom. The summed E-state index contributed by atoms with van der Waals surface area (Å²) in [5.41, 5.74) is 1.09. The van der Waals surface area contributed by atoms with Crippen molar-refractivity contribution in [1.82, 2.24) is 24.8 Å². The van der Waals surface area contributed by atoms with Crippen molar-refractivity contribution in [1.29, 1.82) is 0 Å². The minimum absolute atomic E-state index is 0.101. The SMILES string of the molecule is Cc1nn(C)c(C(=O)N2CCC[C@@H](c3ncon3)C2)c1Cl. The molecule has 8 heteroatoms. The molecular formula is C13H16ClN5O2. The fourth-order valence-electron chi connectivity index (χ4n) is 2.75. The van der Waals surface area contributed by atoms with Crippen molar-refractivity contribution in [2.24, 2.45) is 7.05 Å². The first kappa shape index (κ1) is 14.1. The van der Waals surface area contributed by atoms with Crippen LogP contribution in [0.25, 0.3) is 0 Å². The third kappa shape index (κ3) is 2.53. The summed E-state index contributed by atoms with van der Waals surface area (Å²) >= 11 is 6.19. The molecule has 3 rings (SSSR count). The highest BCUT2D eigenvalue weighted by atomic mass is 35.5. The van der Waals surface area contributed by atoms with E-state index in [-0.39, 0.29) is 11.8 Å². The van der Waals surface area contributed by atoms with Crippen LogP contribution in [0.3, 0.4) is 0 Å². The molecule has 112 valence electrons. The zero-order chi connectivity index (χ0) is 15.0. The second kappa shape index (κ2) is 5.48. The fraction of sp³-hybridized carbons (Fsp3) is 0.538. The number of likely N-dealkylation sites (tertiary alicyclic amines) is 1. The Balaban J connectivity index is 1.81. The van der Waals surface area contributed by atoms with Gasteiger partial charge in [0.15, 0.2) is 5.82 Å². The summed E-state index contributed by atoms with van der Waals surface area (Å²) in [5, 5.41) is 8.49. The van der Waals surface area contributed by atoms with Gasteiger partial charge < -0.3 is 9.42 Å². The summed E-state index contributed by atoms with van der Waals surface area (Å²) in [6, 6.07) is 0. The number of halogens is 1. The summed E-state index contributed by atoms with van der Waals surface area (Å²) in [4.78, 5) is 18.6. The largest absolute Gasteiger partial charge is 0.343 e. The molecule has 0 saturated carbocycles. The molecule has 3 heterocycles. The molecule has 1 saturated heterocycles. The number of carbonyl (C=O) groups excluding carboxylic acids is 1. The van der Waals surface area contributed by atoms with E-state index in [1.54, 1.807) is 18.9 Å². The van der Waals surface area contributed by atoms with Crippen molar-refractivity contribution >= 4 is 17.5 Å². The Labute approximate surface area is 126 Å². The molecule has 1 aliphatic rings. The van der Waals surface area contributed by atoms with E-state index >= 15 is 0 Å². The first-order chi connectivity index (χ1) is 10.1. The lowest BCUT2D eigenvalue weighted by Crippen LogP contribution is -2.40. The lowest BCUT2D eigenvalue weighted by Gasteiger charge is -2.31. The van der Waals surface area contributed by atoms with Gasteiger partial charge in [-0.15, -0.1) is 0 Å². The van der Waals surface area contributed by atoms with Gasteiger partial charge in [-0.05, 0) is 19.8 Å². The lowest BCUT2D eigenvalue weighted by molar-refractivity contribution is 0.0692. The average Bonchev–Trinajstić information content (AvgIpc) is 3.08. The number of amides is 1. The van der Waals surface area contributed by atoms with E-state index in [4.69, 9.17) is 16.1 Å². The molecule has 0 spiro atoms. The zero-order valence-corrected chi connectivity index (χ0v) is 12.7. The van der Waals surface area contributed by atoms with Crippen molar-refractivity contribution in [2.75, 3.05) is 13.1 Å². The first-order valence-electron chi connectivity index (χ1n) is 6.82. The van der Waals surface area contributed by atoms with Crippen LogP contribution in [-0.2, 0) is 7.05 Å². The van der Waals surface area contributed by atoms with Crippen LogP contribution < -0.4 is 0 Å². The van der Waals surface area contributed by atoms with E-state index in [0.29, 0.717) is 35.3 Å². The number of rotatable bonds is 2. The highest BCUT2D eigenvalue weighted by Crippen LogP contribution is 2.27. The van der Waals surface area contributed by atoms with E-state index in [0.717, 1.165) is 12.8 Å². The number of carbonyl (C=O) groups is 1. The maximum Gasteiger partial charge on any atom is 0.273 e. The molecule has 0 bridgehead atoms. The molecule has 0 unspecified atom stereocenters. The topological polar surface area (TPSA) is 77.0 Å². The first-order valence-corrected chi connectivity index (χ1v) is 7.20. The quantitative estimate of drug-likeness (QED) is 0.845. The third-order valence-electron chi connectivity index (χ3n) is 3.80. The van der Waals surface area contributed by atoms with E-state index in [1.165, 1.54) is 11.1 Å². The highest BCUT2D eigenvalue weighted by Gasteiger charge is 2.30. The third-order valence-corrected chi connectivity index (χ3v) is 4.26. The van der Waals surface area contributed by atoms with Gasteiger partial charge in [0, 0.05) is 26.1 Å². The van der Waals surface area contributed by atoms with Crippen LogP contribution in [-0.4, -0.2) is 43.8 Å². The average molecular weight is 310 g/mol. The number of piperidine rings is 1. The smallest absolute Gasteiger partial charge is 0.273 e. The molecule has 1 aliphatic heterocycles. The fourth-order valence-corrected chi connectivity index (χ4v) is 2.99. The van der Waals surface area contributed by atoms with Gasteiger partial charge in [0.05, 0.1) is 10.7 Å². The van der Waals surface area contributed by atoms with E-state index < -0.39 is 0 Å². The number of nitrogens with zero attached hydrogens (tertiary/aromatic N) is 5. The lowest BCUT2D eigenvalue weighted by atomic mass is 9.97. The van der Waals surface area contributed by atoms with Gasteiger partial charge in [0.2, 0.25) is 6.39 Å². The van der Waals surface area contributed by atoms with Gasteiger partial charge >= 0.3 is 0 Å². The van der Waals surface area contributed by atoms with Crippen LogP contribution in [0.4, 0.5) is 0 Å². The summed E-state index contributed by atoms with van der Waals surface area (Å²) < 4.78 is 6.33. The molecule has 1 amide bonds. The van der Waals surface area contributed by atoms with Gasteiger partial charge in [-0.25, -0.2) is 0 Å². The molecule has 0 radical (unpaired) electrons. The van der Waals surface area contributed by atoms with Crippen LogP contribution in [0.1, 0.15) is 40.8 Å². The minimum atomic E-state index is -0.101. The second-order valence-corrected chi connectivity index (χ2v) is 5.63. The van der Waals surface area contributed by atoms with Gasteiger partial charge in [-0.1, -0.05) is 16.8 Å². The van der Waals surface area contributed by atoms with Crippen LogP contribution in [0.5, 0.6) is 0 Å². The molecule has 1 atom stereocenters. The number of hydrogen-bond donors (Lipinski definition) is 0. The van der Waals surface area contributed by atoms with Gasteiger partial charge in [-0.3, -0.25) is 9.48 Å². The van der Waals surface area contributed by atoms with Crippen molar-refractivity contribution in [3.63, 3.8) is 0 Å². The molecule has 7 nitrogen and oxygen atoms in total. The Hall–Kier alpha value is -1.89. The molecule has 1 fully saturated rings. The Bertz CT molecular complexity index is 652. The minimum Gasteiger partial charge on any atom is -0.343 e. The molecule has 2 aromatic rings. The molecule has 2 aromatic heterocycles. The predicted octanol–water partition coefficient (Wildman–Crippen LogP) is 1.78. The Kier molecular flexibility index (Phi) is 3.67. The summed E-state index contributed by atoms with van der Waals surface area (Å²) in [5.74, 6) is 0.658. The van der Waals surface area contributed by atoms with E-state index in [2.05, 4.69) is 15.2 Å². The maximum atomic E-state index is 12.7. The Morgan fingerprint density at radius 3 is 2.95 bits per heavy atom. The van der Waals surface area contributed by atoms with Crippen LogP contribution in [0, 0.1) is 6.92 Å². The van der Waals surface area contributed by atoms with Gasteiger partial charge in [-0.2, -0.15) is 10.1 Å². The zero-order valence-electron chi connectivity index (χ0n) is 11.9. The standard InChI is InChI=1S/C13H16ClN5O2/c1-8-10(14)11(18(2)16-8)13(20)19-5-3-4-9(6-19)12-15-7-21-17-12/h7,9H,3-6H2,1-2H3/t9-/m1/s1. The number of aromatic nitrogens is 4. The number of aryl methyl sites for hydroxylation is 2. The summed E-state index contributed by atoms with van der Waals surface area (Å²) in [6.45, 7) is 3.06. The highest BCUT2D eigenvalue weighted by molar-refractivity contribution is 6.34. The van der Waals surface area contributed by atoms with Crippen LogP contribution >= 0.6 is 11.6 Å². The van der Waals surface area contributed by atoms with Gasteiger partial charge in [0.1, 0.15) is 5.69 Å². The monoisotopic (exact) mass is 309 g/mol. The number of hydrogen-bond acceptors (Lipinski definition) is 5. The molecular weight excluding hydrogens is 294 g/mol. The van der Waals surface area contributed by atoms with Crippen molar-refractivity contribution in [3.05, 3.63) is 28.6 Å². The predicted molar refractivity (Wildman–Crippen MR) is 75.1 cm³/mol. The maximum absolute atomic E-state index is 12.7. The van der Waals surface area contributed by atoms with Gasteiger partial charge in [0.25, 0.3) is 5.91 Å². The molecule has 21 heavy (non-hydrogen) atoms. The molecule has 0 aromatic carbocycles.